The number of aliphatic hydroxyl groups is 1. The molecule has 2 amide bonds. The molecule has 37 heavy (non-hydrogen) atoms. The van der Waals surface area contributed by atoms with Gasteiger partial charge in [-0.3, -0.25) is 14.3 Å². The predicted molar refractivity (Wildman–Crippen MR) is 140 cm³/mol. The van der Waals surface area contributed by atoms with Crippen molar-refractivity contribution in [2.24, 2.45) is 10.9 Å². The molecule has 0 bridgehead atoms. The van der Waals surface area contributed by atoms with Crippen LogP contribution in [0.5, 0.6) is 0 Å². The van der Waals surface area contributed by atoms with E-state index in [4.69, 9.17) is 10.9 Å². The molecule has 11 heteroatoms. The number of primary sulfonamides is 1. The number of primary amides is 1. The first-order valence-corrected chi connectivity index (χ1v) is 12.9. The van der Waals surface area contributed by atoms with Gasteiger partial charge < -0.3 is 16.2 Å². The smallest absolute Gasteiger partial charge is 0.255 e. The van der Waals surface area contributed by atoms with E-state index in [1.807, 2.05) is 12.3 Å². The molecule has 0 spiro atoms. The van der Waals surface area contributed by atoms with Crippen molar-refractivity contribution >= 4 is 38.4 Å². The van der Waals surface area contributed by atoms with Crippen molar-refractivity contribution in [1.82, 2.24) is 9.78 Å². The molecule has 0 unspecified atom stereocenters. The van der Waals surface area contributed by atoms with Gasteiger partial charge in [0.05, 0.1) is 16.0 Å². The maximum Gasteiger partial charge on any atom is 0.255 e. The number of hydrogen-bond donors (Lipinski definition) is 4. The Bertz CT molecular complexity index is 1600. The number of nitrogens with one attached hydrogen (secondary N) is 1. The minimum absolute atomic E-state index is 0.113. The number of sulfonamides is 1. The molecule has 3 aromatic carbocycles. The Balaban J connectivity index is 1.76. The summed E-state index contributed by atoms with van der Waals surface area (Å²) in [6, 6.07) is 15.6. The molecular weight excluding hydrogens is 494 g/mol. The summed E-state index contributed by atoms with van der Waals surface area (Å²) in [5.74, 6) is -1.09. The molecule has 4 aromatic rings. The van der Waals surface area contributed by atoms with Crippen LogP contribution in [0, 0.1) is 0 Å². The van der Waals surface area contributed by atoms with Crippen molar-refractivity contribution in [2.45, 2.75) is 37.3 Å². The summed E-state index contributed by atoms with van der Waals surface area (Å²) in [6.45, 7) is 3.94. The summed E-state index contributed by atoms with van der Waals surface area (Å²) in [4.78, 5) is 24.5. The number of amides is 2. The van der Waals surface area contributed by atoms with Crippen molar-refractivity contribution < 1.29 is 23.1 Å². The molecule has 1 heterocycles. The van der Waals surface area contributed by atoms with Crippen molar-refractivity contribution in [3.05, 3.63) is 78.0 Å². The molecule has 10 nitrogen and oxygen atoms in total. The van der Waals surface area contributed by atoms with E-state index in [1.165, 1.54) is 24.3 Å². The van der Waals surface area contributed by atoms with E-state index in [0.29, 0.717) is 40.9 Å². The summed E-state index contributed by atoms with van der Waals surface area (Å²) in [6.07, 6.45) is 2.31. The summed E-state index contributed by atoms with van der Waals surface area (Å²) in [5, 5.41) is 23.5. The van der Waals surface area contributed by atoms with Crippen LogP contribution in [0.3, 0.4) is 0 Å². The average Bonchev–Trinajstić information content (AvgIpc) is 3.23. The number of fused-ring (bicyclic) bond motifs is 1. The first kappa shape index (κ1) is 26.0. The SMILES string of the molecule is CC(C)(O)CCn1cc2cc(NC(=O)c3cccc(S(N)(=O)=O)c3)c(-c3ccc(C(N)=O)cc3)cc2n1. The van der Waals surface area contributed by atoms with Gasteiger partial charge >= 0.3 is 0 Å². The number of anilines is 1. The summed E-state index contributed by atoms with van der Waals surface area (Å²) < 4.78 is 25.2. The first-order chi connectivity index (χ1) is 17.3. The lowest BCUT2D eigenvalue weighted by Crippen LogP contribution is -2.21. The lowest BCUT2D eigenvalue weighted by molar-refractivity contribution is 0.0651. The number of nitrogens with zero attached hydrogens (tertiary/aromatic N) is 2. The van der Waals surface area contributed by atoms with Crippen LogP contribution in [-0.4, -0.2) is 40.7 Å². The zero-order valence-corrected chi connectivity index (χ0v) is 21.1. The van der Waals surface area contributed by atoms with Gasteiger partial charge in [-0.05, 0) is 68.3 Å². The highest BCUT2D eigenvalue weighted by molar-refractivity contribution is 7.89. The molecule has 6 N–H and O–H groups in total. The van der Waals surface area contributed by atoms with Crippen LogP contribution in [0.4, 0.5) is 5.69 Å². The summed E-state index contributed by atoms with van der Waals surface area (Å²) in [7, 11) is -3.98. The highest BCUT2D eigenvalue weighted by Crippen LogP contribution is 2.33. The van der Waals surface area contributed by atoms with Crippen LogP contribution in [0.1, 0.15) is 41.0 Å². The van der Waals surface area contributed by atoms with Gasteiger partial charge in [-0.25, -0.2) is 13.6 Å². The van der Waals surface area contributed by atoms with Crippen molar-refractivity contribution in [3.63, 3.8) is 0 Å². The largest absolute Gasteiger partial charge is 0.390 e. The van der Waals surface area contributed by atoms with Gasteiger partial charge in [0.2, 0.25) is 15.9 Å². The number of nitrogens with two attached hydrogens (primary N) is 2. The van der Waals surface area contributed by atoms with Crippen LogP contribution < -0.4 is 16.2 Å². The van der Waals surface area contributed by atoms with E-state index in [0.717, 1.165) is 5.39 Å². The summed E-state index contributed by atoms with van der Waals surface area (Å²) >= 11 is 0. The maximum atomic E-state index is 13.1. The second-order valence-electron chi connectivity index (χ2n) is 9.38. The molecule has 4 rings (SSSR count). The molecule has 0 aliphatic heterocycles. The molecule has 0 atom stereocenters. The molecule has 0 saturated carbocycles. The number of benzene rings is 3. The molecule has 0 saturated heterocycles. The van der Waals surface area contributed by atoms with Crippen molar-refractivity contribution in [1.29, 1.82) is 0 Å². The lowest BCUT2D eigenvalue weighted by atomic mass is 10.00. The van der Waals surface area contributed by atoms with E-state index in [1.54, 1.807) is 48.9 Å². The minimum atomic E-state index is -3.98. The Hall–Kier alpha value is -4.06. The predicted octanol–water partition coefficient (Wildman–Crippen LogP) is 2.86. The molecule has 0 fully saturated rings. The fourth-order valence-corrected chi connectivity index (χ4v) is 4.35. The van der Waals surface area contributed by atoms with E-state index >= 15 is 0 Å². The van der Waals surface area contributed by atoms with Gasteiger partial charge in [0.15, 0.2) is 0 Å². The Morgan fingerprint density at radius 3 is 2.38 bits per heavy atom. The van der Waals surface area contributed by atoms with E-state index in [9.17, 15) is 23.1 Å². The van der Waals surface area contributed by atoms with E-state index in [2.05, 4.69) is 10.4 Å². The maximum absolute atomic E-state index is 13.1. The minimum Gasteiger partial charge on any atom is -0.390 e. The fourth-order valence-electron chi connectivity index (χ4n) is 3.79. The lowest BCUT2D eigenvalue weighted by Gasteiger charge is -2.16. The quantitative estimate of drug-likeness (QED) is 0.278. The zero-order valence-electron chi connectivity index (χ0n) is 20.3. The highest BCUT2D eigenvalue weighted by Gasteiger charge is 2.17. The fraction of sp³-hybridized carbons (Fsp3) is 0.192. The van der Waals surface area contributed by atoms with Crippen molar-refractivity contribution in [3.8, 4) is 11.1 Å². The van der Waals surface area contributed by atoms with Gasteiger partial charge in [0.25, 0.3) is 5.91 Å². The van der Waals surface area contributed by atoms with E-state index in [-0.39, 0.29) is 10.5 Å². The van der Waals surface area contributed by atoms with Crippen LogP contribution in [0.15, 0.2) is 71.8 Å². The standard InChI is InChI=1S/C26H27N5O5S/c1-26(2,34)10-11-31-15-19-13-23(29-25(33)18-4-3-5-20(12-18)37(28,35)36)21(14-22(19)30-31)16-6-8-17(9-7-16)24(27)32/h3-9,12-15,34H,10-11H2,1-2H3,(H2,27,32)(H,29,33)(H2,28,35,36). The number of aryl methyl sites for hydroxylation is 1. The number of carbonyl (C=O) groups is 2. The van der Waals surface area contributed by atoms with Crippen LogP contribution in [-0.2, 0) is 16.6 Å². The molecule has 192 valence electrons. The van der Waals surface area contributed by atoms with Gasteiger partial charge in [0.1, 0.15) is 0 Å². The molecule has 0 aliphatic carbocycles. The number of hydrogen-bond acceptors (Lipinski definition) is 6. The molecular formula is C26H27N5O5S. The van der Waals surface area contributed by atoms with Crippen LogP contribution in [0.2, 0.25) is 0 Å². The topological polar surface area (TPSA) is 170 Å². The Morgan fingerprint density at radius 1 is 1.05 bits per heavy atom. The first-order valence-electron chi connectivity index (χ1n) is 11.4. The Labute approximate surface area is 213 Å². The van der Waals surface area contributed by atoms with Gasteiger partial charge in [0, 0.05) is 40.5 Å². The third-order valence-electron chi connectivity index (χ3n) is 5.80. The van der Waals surface area contributed by atoms with Crippen LogP contribution >= 0.6 is 0 Å². The van der Waals surface area contributed by atoms with E-state index < -0.39 is 27.4 Å². The summed E-state index contributed by atoms with van der Waals surface area (Å²) in [5.41, 5.74) is 7.41. The Kier molecular flexibility index (Phi) is 6.87. The Morgan fingerprint density at radius 2 is 1.76 bits per heavy atom. The molecule has 0 aliphatic rings. The molecule has 0 radical (unpaired) electrons. The van der Waals surface area contributed by atoms with Gasteiger partial charge in [-0.2, -0.15) is 5.10 Å². The zero-order chi connectivity index (χ0) is 27.0. The third-order valence-corrected chi connectivity index (χ3v) is 6.71. The molecule has 1 aromatic heterocycles. The number of carbonyl (C=O) groups excluding carboxylic acids is 2. The van der Waals surface area contributed by atoms with Gasteiger partial charge in [-0.1, -0.05) is 18.2 Å². The monoisotopic (exact) mass is 521 g/mol. The number of aromatic nitrogens is 2. The second-order valence-corrected chi connectivity index (χ2v) is 10.9. The third kappa shape index (κ3) is 6.20. The van der Waals surface area contributed by atoms with Crippen LogP contribution in [0.25, 0.3) is 22.0 Å². The number of rotatable bonds is 8. The normalized spacial score (nSPS) is 12.0. The second kappa shape index (κ2) is 9.77. The highest BCUT2D eigenvalue weighted by atomic mass is 32.2. The average molecular weight is 522 g/mol. The van der Waals surface area contributed by atoms with Crippen molar-refractivity contribution in [2.75, 3.05) is 5.32 Å². The van der Waals surface area contributed by atoms with Gasteiger partial charge in [-0.15, -0.1) is 0 Å².